The monoisotopic (exact) mass is 482 g/mol. The van der Waals surface area contributed by atoms with E-state index in [1.807, 2.05) is 0 Å². The average Bonchev–Trinajstić information content (AvgIpc) is 2.70. The van der Waals surface area contributed by atoms with E-state index in [0.717, 1.165) is 37.9 Å². The predicted molar refractivity (Wildman–Crippen MR) is 122 cm³/mol. The van der Waals surface area contributed by atoms with E-state index in [1.54, 1.807) is 6.07 Å². The van der Waals surface area contributed by atoms with Gasteiger partial charge in [-0.15, -0.1) is 24.8 Å². The van der Waals surface area contributed by atoms with Crippen molar-refractivity contribution < 1.29 is 14.4 Å². The fourth-order valence-electron chi connectivity index (χ4n) is 4.17. The maximum Gasteiger partial charge on any atom is 0.303 e. The third kappa shape index (κ3) is 7.85. The van der Waals surface area contributed by atoms with Gasteiger partial charge in [-0.3, -0.25) is 10.0 Å². The van der Waals surface area contributed by atoms with Crippen LogP contribution in [-0.4, -0.2) is 46.7 Å². The largest absolute Gasteiger partial charge is 0.365 e. The zero-order valence-corrected chi connectivity index (χ0v) is 19.2. The first-order valence-corrected chi connectivity index (χ1v) is 10.4. The molecule has 1 saturated heterocycles. The molecule has 0 unspecified atom stereocenters. The molecule has 170 valence electrons. The summed E-state index contributed by atoms with van der Waals surface area (Å²) < 4.78 is 13.5. The average molecular weight is 484 g/mol. The summed E-state index contributed by atoms with van der Waals surface area (Å²) in [5, 5.41) is 12.2. The summed E-state index contributed by atoms with van der Waals surface area (Å²) >= 11 is 6.30. The number of carbonyl (C=O) groups is 1. The smallest absolute Gasteiger partial charge is 0.303 e. The minimum atomic E-state index is -1.21. The molecule has 30 heavy (non-hydrogen) atoms. The summed E-state index contributed by atoms with van der Waals surface area (Å²) in [6.45, 7) is 3.29. The molecular weight excluding hydrogens is 454 g/mol. The molecule has 2 heterocycles. The SMILES string of the molecule is Cl.Cl.O=C(NO)/C(F)=C/c1cnc(N[C@@H]2CCCN(CC3CCCCC3)C2)c(Cl)c1. The zero-order chi connectivity index (χ0) is 19.9. The van der Waals surface area contributed by atoms with E-state index in [1.165, 1.54) is 50.3 Å². The van der Waals surface area contributed by atoms with Crippen LogP contribution in [0.15, 0.2) is 18.1 Å². The van der Waals surface area contributed by atoms with Gasteiger partial charge >= 0.3 is 5.91 Å². The number of nitrogens with one attached hydrogen (secondary N) is 2. The minimum absolute atomic E-state index is 0. The molecule has 3 rings (SSSR count). The number of piperidine rings is 1. The van der Waals surface area contributed by atoms with Crippen molar-refractivity contribution in [1.29, 1.82) is 0 Å². The summed E-state index contributed by atoms with van der Waals surface area (Å²) in [4.78, 5) is 17.9. The second-order valence-electron chi connectivity index (χ2n) is 7.78. The quantitative estimate of drug-likeness (QED) is 0.306. The number of hydrogen-bond acceptors (Lipinski definition) is 5. The maximum atomic E-state index is 13.5. The Morgan fingerprint density at radius 2 is 2.00 bits per heavy atom. The first-order chi connectivity index (χ1) is 13.5. The summed E-state index contributed by atoms with van der Waals surface area (Å²) in [6, 6.07) is 1.82. The number of hydroxylamine groups is 1. The lowest BCUT2D eigenvalue weighted by Gasteiger charge is -2.36. The highest BCUT2D eigenvalue weighted by molar-refractivity contribution is 6.33. The summed E-state index contributed by atoms with van der Waals surface area (Å²) in [5.74, 6) is -0.938. The number of nitrogens with zero attached hydrogens (tertiary/aromatic N) is 2. The zero-order valence-electron chi connectivity index (χ0n) is 16.8. The fourth-order valence-corrected chi connectivity index (χ4v) is 4.40. The fraction of sp³-hybridized carbons (Fsp3) is 0.600. The van der Waals surface area contributed by atoms with Crippen LogP contribution in [0.25, 0.3) is 6.08 Å². The van der Waals surface area contributed by atoms with Crippen molar-refractivity contribution in [3.63, 3.8) is 0 Å². The van der Waals surface area contributed by atoms with Gasteiger partial charge in [-0.2, -0.15) is 0 Å². The third-order valence-corrected chi connectivity index (χ3v) is 5.85. The molecule has 1 amide bonds. The Morgan fingerprint density at radius 1 is 1.27 bits per heavy atom. The molecule has 2 aliphatic rings. The molecule has 2 fully saturated rings. The van der Waals surface area contributed by atoms with Gasteiger partial charge < -0.3 is 10.2 Å². The number of anilines is 1. The Balaban J connectivity index is 0.00000225. The van der Waals surface area contributed by atoms with Crippen molar-refractivity contribution in [2.24, 2.45) is 5.92 Å². The Hall–Kier alpha value is -1.12. The van der Waals surface area contributed by atoms with E-state index in [0.29, 0.717) is 16.4 Å². The molecule has 1 atom stereocenters. The van der Waals surface area contributed by atoms with Gasteiger partial charge in [-0.05, 0) is 55.9 Å². The number of amides is 1. The van der Waals surface area contributed by atoms with Gasteiger partial charge in [0, 0.05) is 25.3 Å². The van der Waals surface area contributed by atoms with Crippen LogP contribution in [0.4, 0.5) is 10.2 Å². The van der Waals surface area contributed by atoms with E-state index in [4.69, 9.17) is 16.8 Å². The Morgan fingerprint density at radius 3 is 2.67 bits per heavy atom. The van der Waals surface area contributed by atoms with Crippen LogP contribution < -0.4 is 10.8 Å². The highest BCUT2D eigenvalue weighted by Gasteiger charge is 2.24. The lowest BCUT2D eigenvalue weighted by Crippen LogP contribution is -2.44. The van der Waals surface area contributed by atoms with Crippen molar-refractivity contribution in [3.8, 4) is 0 Å². The van der Waals surface area contributed by atoms with E-state index >= 15 is 0 Å². The number of rotatable bonds is 6. The van der Waals surface area contributed by atoms with E-state index in [-0.39, 0.29) is 30.9 Å². The molecule has 1 saturated carbocycles. The number of carbonyl (C=O) groups excluding carboxylic acids is 1. The normalized spacial score (nSPS) is 20.6. The molecule has 0 aromatic carbocycles. The van der Waals surface area contributed by atoms with Crippen molar-refractivity contribution in [2.45, 2.75) is 51.0 Å². The van der Waals surface area contributed by atoms with Crippen molar-refractivity contribution in [3.05, 3.63) is 28.7 Å². The summed E-state index contributed by atoms with van der Waals surface area (Å²) in [5.41, 5.74) is 1.59. The van der Waals surface area contributed by atoms with Crippen molar-refractivity contribution in [1.82, 2.24) is 15.4 Å². The highest BCUT2D eigenvalue weighted by Crippen LogP contribution is 2.27. The molecule has 1 aliphatic heterocycles. The van der Waals surface area contributed by atoms with E-state index in [2.05, 4.69) is 15.2 Å². The van der Waals surface area contributed by atoms with Gasteiger partial charge in [0.05, 0.1) is 5.02 Å². The van der Waals surface area contributed by atoms with Crippen LogP contribution in [0.2, 0.25) is 5.02 Å². The van der Waals surface area contributed by atoms with Crippen LogP contribution in [0.3, 0.4) is 0 Å². The van der Waals surface area contributed by atoms with E-state index < -0.39 is 11.7 Å². The van der Waals surface area contributed by atoms with Gasteiger partial charge in [0.15, 0.2) is 5.83 Å². The molecule has 1 aromatic rings. The number of hydrogen-bond donors (Lipinski definition) is 3. The number of pyridine rings is 1. The molecule has 6 nitrogen and oxygen atoms in total. The first kappa shape index (κ1) is 26.9. The first-order valence-electron chi connectivity index (χ1n) is 10.0. The second-order valence-corrected chi connectivity index (χ2v) is 8.19. The molecule has 1 aromatic heterocycles. The summed E-state index contributed by atoms with van der Waals surface area (Å²) in [6.07, 6.45) is 11.4. The lowest BCUT2D eigenvalue weighted by atomic mass is 9.88. The molecular formula is C20H30Cl3FN4O2. The van der Waals surface area contributed by atoms with Crippen LogP contribution in [0.5, 0.6) is 0 Å². The van der Waals surface area contributed by atoms with Gasteiger partial charge in [0.25, 0.3) is 0 Å². The maximum absolute atomic E-state index is 13.5. The highest BCUT2D eigenvalue weighted by atomic mass is 35.5. The van der Waals surface area contributed by atoms with Gasteiger partial charge in [0.2, 0.25) is 0 Å². The van der Waals surface area contributed by atoms with Crippen LogP contribution in [0.1, 0.15) is 50.5 Å². The lowest BCUT2D eigenvalue weighted by molar-refractivity contribution is -0.126. The molecule has 3 N–H and O–H groups in total. The van der Waals surface area contributed by atoms with Gasteiger partial charge in [-0.1, -0.05) is 30.9 Å². The number of aromatic nitrogens is 1. The number of halogens is 4. The Labute approximate surface area is 194 Å². The number of likely N-dealkylation sites (tertiary alicyclic amines) is 1. The van der Waals surface area contributed by atoms with Gasteiger partial charge in [0.1, 0.15) is 5.82 Å². The topological polar surface area (TPSA) is 77.5 Å². The standard InChI is InChI=1S/C20H28ClFN4O2.2ClH/c21-17-9-15(10-18(22)20(27)25-28)11-23-19(17)24-16-7-4-8-26(13-16)12-14-5-2-1-3-6-14;;/h9-11,14,16,28H,1-8,12-13H2,(H,23,24)(H,25,27);2*1H/b18-10-;;/t16-;;/m1../s1. The van der Waals surface area contributed by atoms with E-state index in [9.17, 15) is 9.18 Å². The Kier molecular flexibility index (Phi) is 12.0. The molecule has 0 spiro atoms. The summed E-state index contributed by atoms with van der Waals surface area (Å²) in [7, 11) is 0. The second kappa shape index (κ2) is 13.3. The predicted octanol–water partition coefficient (Wildman–Crippen LogP) is 4.85. The Bertz CT molecular complexity index is 717. The molecule has 0 radical (unpaired) electrons. The molecule has 0 bridgehead atoms. The van der Waals surface area contributed by atoms with Crippen LogP contribution in [0, 0.1) is 5.92 Å². The minimum Gasteiger partial charge on any atom is -0.365 e. The molecule has 1 aliphatic carbocycles. The van der Waals surface area contributed by atoms with Crippen LogP contribution in [-0.2, 0) is 4.79 Å². The molecule has 10 heteroatoms. The third-order valence-electron chi connectivity index (χ3n) is 5.56. The van der Waals surface area contributed by atoms with Crippen molar-refractivity contribution >= 4 is 54.2 Å². The van der Waals surface area contributed by atoms with Crippen LogP contribution >= 0.6 is 36.4 Å². The van der Waals surface area contributed by atoms with Crippen molar-refractivity contribution in [2.75, 3.05) is 25.0 Å². The van der Waals surface area contributed by atoms with Gasteiger partial charge in [-0.25, -0.2) is 14.9 Å².